The highest BCUT2D eigenvalue weighted by molar-refractivity contribution is 6.31. The second-order valence-electron chi connectivity index (χ2n) is 6.21. The zero-order chi connectivity index (χ0) is 17.4. The molecule has 2 heterocycles. The van der Waals surface area contributed by atoms with Gasteiger partial charge in [0.2, 0.25) is 0 Å². The summed E-state index contributed by atoms with van der Waals surface area (Å²) >= 11 is 6.08. The normalized spacial score (nSPS) is 11.3. The number of carbonyl (C=O) groups excluding carboxylic acids is 1. The summed E-state index contributed by atoms with van der Waals surface area (Å²) in [7, 11) is 2.00. The molecule has 0 bridgehead atoms. The Morgan fingerprint density at radius 3 is 2.96 bits per heavy atom. The third-order valence-electron chi connectivity index (χ3n) is 4.56. The molecule has 0 aliphatic carbocycles. The van der Waals surface area contributed by atoms with E-state index in [1.165, 1.54) is 0 Å². The van der Waals surface area contributed by atoms with Crippen molar-refractivity contribution in [2.75, 3.05) is 6.54 Å². The van der Waals surface area contributed by atoms with Crippen molar-refractivity contribution >= 4 is 39.3 Å². The molecule has 2 aromatic heterocycles. The average Bonchev–Trinajstić information content (AvgIpc) is 3.18. The molecule has 0 aliphatic rings. The molecule has 4 nitrogen and oxygen atoms in total. The molecular weight excluding hydrogens is 334 g/mol. The number of aromatic amines is 1. The van der Waals surface area contributed by atoms with Crippen LogP contribution in [0.2, 0.25) is 5.02 Å². The Labute approximate surface area is 150 Å². The molecule has 2 aromatic carbocycles. The predicted octanol–water partition coefficient (Wildman–Crippen LogP) is 4.29. The summed E-state index contributed by atoms with van der Waals surface area (Å²) in [6.07, 6.45) is 4.72. The summed E-state index contributed by atoms with van der Waals surface area (Å²) in [4.78, 5) is 15.6. The fourth-order valence-electron chi connectivity index (χ4n) is 3.19. The first-order chi connectivity index (χ1) is 12.1. The molecule has 2 N–H and O–H groups in total. The van der Waals surface area contributed by atoms with Crippen LogP contribution in [0.15, 0.2) is 54.9 Å². The van der Waals surface area contributed by atoms with Gasteiger partial charge in [0.25, 0.3) is 5.91 Å². The van der Waals surface area contributed by atoms with E-state index in [4.69, 9.17) is 11.6 Å². The second-order valence-corrected chi connectivity index (χ2v) is 6.65. The largest absolute Gasteiger partial charge is 0.361 e. The minimum absolute atomic E-state index is 0.0522. The summed E-state index contributed by atoms with van der Waals surface area (Å²) < 4.78 is 2.04. The summed E-state index contributed by atoms with van der Waals surface area (Å²) in [5.74, 6) is -0.0522. The molecule has 25 heavy (non-hydrogen) atoms. The molecule has 1 amide bonds. The van der Waals surface area contributed by atoms with E-state index >= 15 is 0 Å². The Kier molecular flexibility index (Phi) is 3.98. The fourth-order valence-corrected chi connectivity index (χ4v) is 3.37. The maximum Gasteiger partial charge on any atom is 0.251 e. The second kappa shape index (κ2) is 6.30. The number of halogens is 1. The Morgan fingerprint density at radius 1 is 1.20 bits per heavy atom. The van der Waals surface area contributed by atoms with E-state index in [0.717, 1.165) is 33.8 Å². The van der Waals surface area contributed by atoms with Crippen LogP contribution in [0.5, 0.6) is 0 Å². The van der Waals surface area contributed by atoms with Gasteiger partial charge in [-0.1, -0.05) is 11.6 Å². The molecule has 0 aliphatic heterocycles. The van der Waals surface area contributed by atoms with E-state index in [0.29, 0.717) is 17.1 Å². The molecule has 5 heteroatoms. The highest BCUT2D eigenvalue weighted by Gasteiger charge is 2.09. The summed E-state index contributed by atoms with van der Waals surface area (Å²) in [6, 6.07) is 13.6. The Morgan fingerprint density at radius 2 is 2.08 bits per heavy atom. The van der Waals surface area contributed by atoms with Gasteiger partial charge in [-0.3, -0.25) is 4.79 Å². The number of nitrogens with one attached hydrogen (secondary N) is 2. The van der Waals surface area contributed by atoms with Gasteiger partial charge < -0.3 is 14.9 Å². The number of fused-ring (bicyclic) bond motifs is 2. The highest BCUT2D eigenvalue weighted by Crippen LogP contribution is 2.22. The van der Waals surface area contributed by atoms with E-state index in [1.807, 2.05) is 66.5 Å². The number of nitrogens with zero attached hydrogens (tertiary/aromatic N) is 1. The van der Waals surface area contributed by atoms with Gasteiger partial charge in [-0.25, -0.2) is 0 Å². The Hall–Kier alpha value is -2.72. The van der Waals surface area contributed by atoms with Gasteiger partial charge in [-0.2, -0.15) is 0 Å². The molecule has 4 aromatic rings. The quantitative estimate of drug-likeness (QED) is 0.566. The van der Waals surface area contributed by atoms with Gasteiger partial charge in [-0.05, 0) is 54.4 Å². The topological polar surface area (TPSA) is 49.8 Å². The van der Waals surface area contributed by atoms with Crippen LogP contribution in [0.4, 0.5) is 0 Å². The first kappa shape index (κ1) is 15.8. The lowest BCUT2D eigenvalue weighted by Crippen LogP contribution is -2.25. The number of hydrogen-bond donors (Lipinski definition) is 2. The van der Waals surface area contributed by atoms with Gasteiger partial charge in [0.15, 0.2) is 0 Å². The van der Waals surface area contributed by atoms with Crippen molar-refractivity contribution in [3.05, 3.63) is 71.0 Å². The fraction of sp³-hybridized carbons (Fsp3) is 0.150. The monoisotopic (exact) mass is 351 g/mol. The van der Waals surface area contributed by atoms with E-state index < -0.39 is 0 Å². The zero-order valence-electron chi connectivity index (χ0n) is 13.8. The van der Waals surface area contributed by atoms with Gasteiger partial charge in [0.05, 0.1) is 0 Å². The SMILES string of the molecule is Cn1ccc2cc(C(=O)NCCc3c[nH]c4ccc(Cl)cc34)ccc21. The van der Waals surface area contributed by atoms with Gasteiger partial charge in [0.1, 0.15) is 0 Å². The summed E-state index contributed by atoms with van der Waals surface area (Å²) in [5, 5.41) is 5.89. The summed E-state index contributed by atoms with van der Waals surface area (Å²) in [6.45, 7) is 0.575. The van der Waals surface area contributed by atoms with Gasteiger partial charge >= 0.3 is 0 Å². The molecule has 0 unspecified atom stereocenters. The molecule has 0 atom stereocenters. The van der Waals surface area contributed by atoms with Crippen LogP contribution in [0.25, 0.3) is 21.8 Å². The van der Waals surface area contributed by atoms with Gasteiger partial charge in [0, 0.05) is 58.4 Å². The van der Waals surface area contributed by atoms with Crippen molar-refractivity contribution in [1.29, 1.82) is 0 Å². The number of aryl methyl sites for hydroxylation is 1. The number of H-pyrrole nitrogens is 1. The van der Waals surface area contributed by atoms with Crippen LogP contribution in [0, 0.1) is 0 Å². The third kappa shape index (κ3) is 3.01. The zero-order valence-corrected chi connectivity index (χ0v) is 14.6. The van der Waals surface area contributed by atoms with Crippen molar-refractivity contribution in [2.24, 2.45) is 7.05 Å². The van der Waals surface area contributed by atoms with Crippen molar-refractivity contribution < 1.29 is 4.79 Å². The number of rotatable bonds is 4. The summed E-state index contributed by atoms with van der Waals surface area (Å²) in [5.41, 5.74) is 4.00. The van der Waals surface area contributed by atoms with Gasteiger partial charge in [-0.15, -0.1) is 0 Å². The van der Waals surface area contributed by atoms with E-state index in [1.54, 1.807) is 0 Å². The predicted molar refractivity (Wildman–Crippen MR) is 102 cm³/mol. The lowest BCUT2D eigenvalue weighted by atomic mass is 10.1. The van der Waals surface area contributed by atoms with Crippen LogP contribution in [-0.2, 0) is 13.5 Å². The standard InChI is InChI=1S/C20H18ClN3O/c1-24-9-7-13-10-14(2-5-19(13)24)20(25)22-8-6-15-12-23-18-4-3-16(21)11-17(15)18/h2-5,7,9-12,23H,6,8H2,1H3,(H,22,25). The lowest BCUT2D eigenvalue weighted by molar-refractivity contribution is 0.0954. The first-order valence-electron chi connectivity index (χ1n) is 8.20. The Balaban J connectivity index is 1.44. The van der Waals surface area contributed by atoms with E-state index in [-0.39, 0.29) is 5.91 Å². The molecule has 0 saturated heterocycles. The van der Waals surface area contributed by atoms with Crippen LogP contribution in [-0.4, -0.2) is 22.0 Å². The van der Waals surface area contributed by atoms with E-state index in [9.17, 15) is 4.79 Å². The van der Waals surface area contributed by atoms with Crippen LogP contribution >= 0.6 is 11.6 Å². The average molecular weight is 352 g/mol. The minimum Gasteiger partial charge on any atom is -0.361 e. The molecule has 126 valence electrons. The molecule has 0 spiro atoms. The van der Waals surface area contributed by atoms with Crippen LogP contribution in [0.3, 0.4) is 0 Å². The Bertz CT molecular complexity index is 1080. The van der Waals surface area contributed by atoms with Crippen molar-refractivity contribution in [1.82, 2.24) is 14.9 Å². The molecule has 0 fully saturated rings. The highest BCUT2D eigenvalue weighted by atomic mass is 35.5. The molecule has 0 saturated carbocycles. The number of aromatic nitrogens is 2. The smallest absolute Gasteiger partial charge is 0.251 e. The van der Waals surface area contributed by atoms with Crippen LogP contribution in [0.1, 0.15) is 15.9 Å². The third-order valence-corrected chi connectivity index (χ3v) is 4.79. The number of amides is 1. The molecular formula is C20H18ClN3O. The van der Waals surface area contributed by atoms with Crippen molar-refractivity contribution in [2.45, 2.75) is 6.42 Å². The molecule has 0 radical (unpaired) electrons. The van der Waals surface area contributed by atoms with E-state index in [2.05, 4.69) is 10.3 Å². The maximum atomic E-state index is 12.4. The van der Waals surface area contributed by atoms with Crippen molar-refractivity contribution in [3.8, 4) is 0 Å². The number of carbonyl (C=O) groups is 1. The maximum absolute atomic E-state index is 12.4. The minimum atomic E-state index is -0.0522. The van der Waals surface area contributed by atoms with Crippen molar-refractivity contribution in [3.63, 3.8) is 0 Å². The number of hydrogen-bond acceptors (Lipinski definition) is 1. The van der Waals surface area contributed by atoms with Crippen LogP contribution < -0.4 is 5.32 Å². The lowest BCUT2D eigenvalue weighted by Gasteiger charge is -2.06. The molecule has 4 rings (SSSR count). The number of benzene rings is 2. The first-order valence-corrected chi connectivity index (χ1v) is 8.58.